The number of thiophene rings is 1. The molecule has 14 heteroatoms. The van der Waals surface area contributed by atoms with E-state index in [4.69, 9.17) is 14.2 Å². The normalized spacial score (nSPS) is 11.0. The lowest BCUT2D eigenvalue weighted by atomic mass is 10.1. The number of nitrogens with one attached hydrogen (secondary N) is 3. The molecule has 3 N–H and O–H groups in total. The van der Waals surface area contributed by atoms with Crippen LogP contribution in [-0.4, -0.2) is 46.7 Å². The van der Waals surface area contributed by atoms with Gasteiger partial charge in [0.25, 0.3) is 15.7 Å². The van der Waals surface area contributed by atoms with Gasteiger partial charge in [-0.1, -0.05) is 18.2 Å². The fourth-order valence-corrected chi connectivity index (χ4v) is 6.21. The van der Waals surface area contributed by atoms with Gasteiger partial charge in [0, 0.05) is 48.1 Å². The van der Waals surface area contributed by atoms with E-state index in [2.05, 4.69) is 15.4 Å². The molecule has 3 aromatic carbocycles. The number of para-hydroxylation sites is 1. The summed E-state index contributed by atoms with van der Waals surface area (Å²) in [6.07, 6.45) is 0. The number of anilines is 1. The molecule has 0 spiro atoms. The largest absolute Gasteiger partial charge is 0.493 e. The highest BCUT2D eigenvalue weighted by molar-refractivity contribution is 7.91. The van der Waals surface area contributed by atoms with E-state index in [0.29, 0.717) is 39.8 Å². The number of hydrogen-bond donors (Lipinski definition) is 3. The van der Waals surface area contributed by atoms with Crippen LogP contribution in [0.3, 0.4) is 0 Å². The summed E-state index contributed by atoms with van der Waals surface area (Å²) in [5.74, 6) is 1.95. The van der Waals surface area contributed by atoms with Gasteiger partial charge in [-0.25, -0.2) is 17.9 Å². The van der Waals surface area contributed by atoms with Gasteiger partial charge in [-0.05, 0) is 41.8 Å². The van der Waals surface area contributed by atoms with Gasteiger partial charge < -0.3 is 24.8 Å². The van der Waals surface area contributed by atoms with Crippen molar-refractivity contribution in [3.8, 4) is 34.1 Å². The fourth-order valence-electron chi connectivity index (χ4n) is 3.76. The summed E-state index contributed by atoms with van der Waals surface area (Å²) in [6, 6.07) is 18.6. The Morgan fingerprint density at radius 1 is 0.902 bits per heavy atom. The molecule has 1 heterocycles. The first kappa shape index (κ1) is 29.3. The molecular weight excluding hydrogens is 572 g/mol. The van der Waals surface area contributed by atoms with Gasteiger partial charge in [0.2, 0.25) is 0 Å². The highest BCUT2D eigenvalue weighted by atomic mass is 32.2. The average Bonchev–Trinajstić information content (AvgIpc) is 3.47. The second-order valence-electron chi connectivity index (χ2n) is 8.32. The number of hydrogen-bond acceptors (Lipinski definition) is 9. The molecule has 0 atom stereocenters. The van der Waals surface area contributed by atoms with Gasteiger partial charge in [0.15, 0.2) is 11.5 Å². The predicted octanol–water partition coefficient (Wildman–Crippen LogP) is 5.23. The van der Waals surface area contributed by atoms with E-state index in [1.807, 2.05) is 0 Å². The van der Waals surface area contributed by atoms with Gasteiger partial charge in [-0.2, -0.15) is 0 Å². The number of non-ortho nitro benzene ring substituents is 1. The Hall–Kier alpha value is -4.66. The summed E-state index contributed by atoms with van der Waals surface area (Å²) < 4.78 is 45.7. The molecule has 0 radical (unpaired) electrons. The number of nitro benzene ring substituents is 1. The van der Waals surface area contributed by atoms with E-state index < -0.39 is 21.0 Å². The summed E-state index contributed by atoms with van der Waals surface area (Å²) in [4.78, 5) is 22.3. The molecule has 0 bridgehead atoms. The molecule has 0 fully saturated rings. The third-order valence-electron chi connectivity index (χ3n) is 5.67. The van der Waals surface area contributed by atoms with E-state index in [9.17, 15) is 23.3 Å². The van der Waals surface area contributed by atoms with Crippen LogP contribution in [0.5, 0.6) is 23.0 Å². The van der Waals surface area contributed by atoms with Crippen molar-refractivity contribution in [3.05, 3.63) is 88.3 Å². The highest BCUT2D eigenvalue weighted by Crippen LogP contribution is 2.40. The first-order chi connectivity index (χ1) is 19.7. The van der Waals surface area contributed by atoms with Gasteiger partial charge >= 0.3 is 6.03 Å². The fraction of sp³-hybridized carbons (Fsp3) is 0.148. The number of nitrogens with zero attached hydrogens (tertiary/aromatic N) is 1. The molecule has 4 aromatic rings. The molecule has 0 aliphatic carbocycles. The molecule has 41 heavy (non-hydrogen) atoms. The molecule has 0 saturated heterocycles. The van der Waals surface area contributed by atoms with E-state index >= 15 is 0 Å². The molecule has 4 rings (SSSR count). The van der Waals surface area contributed by atoms with Gasteiger partial charge in [0.1, 0.15) is 15.7 Å². The first-order valence-corrected chi connectivity index (χ1v) is 14.4. The number of ether oxygens (including phenoxy) is 3. The zero-order valence-electron chi connectivity index (χ0n) is 21.9. The van der Waals surface area contributed by atoms with E-state index in [1.54, 1.807) is 53.9 Å². The van der Waals surface area contributed by atoms with Gasteiger partial charge in [-0.3, -0.25) is 10.1 Å². The maximum atomic E-state index is 13.2. The van der Waals surface area contributed by atoms with Crippen LogP contribution in [0.1, 0.15) is 0 Å². The first-order valence-electron chi connectivity index (χ1n) is 12.1. The van der Waals surface area contributed by atoms with Crippen molar-refractivity contribution in [2.45, 2.75) is 4.21 Å². The number of carbonyl (C=O) groups is 1. The molecule has 0 unspecified atom stereocenters. The molecule has 2 amide bonds. The van der Waals surface area contributed by atoms with Crippen molar-refractivity contribution in [2.24, 2.45) is 0 Å². The van der Waals surface area contributed by atoms with Crippen molar-refractivity contribution in [3.63, 3.8) is 0 Å². The second-order valence-corrected chi connectivity index (χ2v) is 11.2. The second kappa shape index (κ2) is 13.1. The number of sulfonamides is 1. The molecule has 12 nitrogen and oxygen atoms in total. The van der Waals surface area contributed by atoms with Crippen LogP contribution in [0.4, 0.5) is 16.2 Å². The minimum absolute atomic E-state index is 0.00223. The number of carbonyl (C=O) groups excluding carboxylic acids is 1. The zero-order valence-corrected chi connectivity index (χ0v) is 23.6. The van der Waals surface area contributed by atoms with E-state index in [-0.39, 0.29) is 23.0 Å². The molecule has 1 aromatic heterocycles. The standard InChI is InChI=1S/C27H26N4O8S2/c1-37-24-12-11-20(17-25(24)38-2)39-23-6-4-3-5-21(23)22-13-16-40-26(22)41(35,36)29-15-14-28-27(32)30-18-7-9-19(10-8-18)31(33)34/h3-13,16-17,29H,14-15H2,1-2H3,(H2,28,30,32). The summed E-state index contributed by atoms with van der Waals surface area (Å²) >= 11 is 1.06. The molecule has 0 aliphatic rings. The van der Waals surface area contributed by atoms with Crippen LogP contribution in [0.25, 0.3) is 11.1 Å². The van der Waals surface area contributed by atoms with E-state index in [1.165, 1.54) is 38.5 Å². The van der Waals surface area contributed by atoms with Crippen molar-refractivity contribution in [1.82, 2.24) is 10.0 Å². The lowest BCUT2D eigenvalue weighted by Gasteiger charge is -2.14. The van der Waals surface area contributed by atoms with Crippen LogP contribution < -0.4 is 29.6 Å². The molecular formula is C27H26N4O8S2. The zero-order chi connectivity index (χ0) is 29.4. The minimum atomic E-state index is -3.93. The number of urea groups is 1. The number of rotatable bonds is 12. The lowest BCUT2D eigenvalue weighted by Crippen LogP contribution is -2.36. The van der Waals surface area contributed by atoms with Crippen LogP contribution in [0.2, 0.25) is 0 Å². The lowest BCUT2D eigenvalue weighted by molar-refractivity contribution is -0.384. The Balaban J connectivity index is 1.40. The monoisotopic (exact) mass is 598 g/mol. The third kappa shape index (κ3) is 7.30. The quantitative estimate of drug-likeness (QED) is 0.114. The Morgan fingerprint density at radius 3 is 2.34 bits per heavy atom. The smallest absolute Gasteiger partial charge is 0.319 e. The van der Waals surface area contributed by atoms with Crippen LogP contribution in [0.15, 0.2) is 82.4 Å². The summed E-state index contributed by atoms with van der Waals surface area (Å²) in [7, 11) is -0.879. The van der Waals surface area contributed by atoms with Crippen molar-refractivity contribution in [1.29, 1.82) is 0 Å². The maximum absolute atomic E-state index is 13.2. The number of amides is 2. The number of methoxy groups -OCH3 is 2. The van der Waals surface area contributed by atoms with Crippen LogP contribution in [0, 0.1) is 10.1 Å². The molecule has 0 saturated carbocycles. The highest BCUT2D eigenvalue weighted by Gasteiger charge is 2.23. The summed E-state index contributed by atoms with van der Waals surface area (Å²) in [5, 5.41) is 17.5. The van der Waals surface area contributed by atoms with Crippen molar-refractivity contribution >= 4 is 38.8 Å². The van der Waals surface area contributed by atoms with Crippen molar-refractivity contribution < 1.29 is 32.3 Å². The average molecular weight is 599 g/mol. The van der Waals surface area contributed by atoms with Crippen LogP contribution in [-0.2, 0) is 10.0 Å². The Morgan fingerprint density at radius 2 is 1.63 bits per heavy atom. The SMILES string of the molecule is COc1ccc(Oc2ccccc2-c2ccsc2S(=O)(=O)NCCNC(=O)Nc2ccc([N+](=O)[O-])cc2)cc1OC. The number of benzene rings is 3. The third-order valence-corrected chi connectivity index (χ3v) is 8.62. The minimum Gasteiger partial charge on any atom is -0.493 e. The predicted molar refractivity (Wildman–Crippen MR) is 155 cm³/mol. The van der Waals surface area contributed by atoms with Crippen molar-refractivity contribution in [2.75, 3.05) is 32.6 Å². The Bertz CT molecular complexity index is 1640. The topological polar surface area (TPSA) is 158 Å². The summed E-state index contributed by atoms with van der Waals surface area (Å²) in [5.41, 5.74) is 1.28. The summed E-state index contributed by atoms with van der Waals surface area (Å²) in [6.45, 7) is -0.0745. The Kier molecular flexibility index (Phi) is 9.39. The Labute approximate surface area is 240 Å². The van der Waals surface area contributed by atoms with Gasteiger partial charge in [0.05, 0.1) is 19.1 Å². The van der Waals surface area contributed by atoms with E-state index in [0.717, 1.165) is 11.3 Å². The van der Waals surface area contributed by atoms with Crippen LogP contribution >= 0.6 is 11.3 Å². The maximum Gasteiger partial charge on any atom is 0.319 e. The molecule has 214 valence electrons. The number of nitro groups is 1. The molecule has 0 aliphatic heterocycles. The van der Waals surface area contributed by atoms with Gasteiger partial charge in [-0.15, -0.1) is 11.3 Å².